The van der Waals surface area contributed by atoms with Crippen molar-refractivity contribution in [1.29, 1.82) is 0 Å². The number of hydrogen-bond donors (Lipinski definition) is 0. The maximum Gasteiger partial charge on any atom is 0.305 e. The Balaban J connectivity index is 5.28. The van der Waals surface area contributed by atoms with E-state index < -0.39 is 0 Å². The molecule has 0 saturated heterocycles. The maximum absolute atomic E-state index is 12.8. The first-order chi connectivity index (χ1) is 47.4. The van der Waals surface area contributed by atoms with Crippen LogP contribution in [0.5, 0.6) is 0 Å². The summed E-state index contributed by atoms with van der Waals surface area (Å²) in [5.41, 5.74) is 0. The molecular formula is C86H160N2O8. The predicted molar refractivity (Wildman–Crippen MR) is 413 cm³/mol. The summed E-state index contributed by atoms with van der Waals surface area (Å²) in [6, 6.07) is 0. The highest BCUT2D eigenvalue weighted by molar-refractivity contribution is 5.70. The van der Waals surface area contributed by atoms with Gasteiger partial charge in [0, 0.05) is 65.0 Å². The van der Waals surface area contributed by atoms with E-state index in [2.05, 4.69) is 86.1 Å². The fourth-order valence-electron chi connectivity index (χ4n) is 12.5. The molecule has 0 aliphatic heterocycles. The second-order valence-corrected chi connectivity index (χ2v) is 28.3. The Morgan fingerprint density at radius 2 is 0.354 bits per heavy atom. The summed E-state index contributed by atoms with van der Waals surface area (Å²) < 4.78 is 23.1. The van der Waals surface area contributed by atoms with Crippen LogP contribution in [0.15, 0.2) is 48.6 Å². The van der Waals surface area contributed by atoms with Crippen LogP contribution in [0.25, 0.3) is 0 Å². The van der Waals surface area contributed by atoms with Gasteiger partial charge in [0.1, 0.15) is 0 Å². The smallest absolute Gasteiger partial charge is 0.305 e. The third-order valence-electron chi connectivity index (χ3n) is 18.8. The van der Waals surface area contributed by atoms with Gasteiger partial charge < -0.3 is 28.7 Å². The number of unbranched alkanes of at least 4 members (excludes halogenated alkanes) is 44. The van der Waals surface area contributed by atoms with Gasteiger partial charge in [-0.1, -0.05) is 282 Å². The van der Waals surface area contributed by atoms with E-state index in [0.717, 1.165) is 168 Å². The molecule has 0 aromatic rings. The highest BCUT2D eigenvalue weighted by atomic mass is 16.5. The van der Waals surface area contributed by atoms with Crippen LogP contribution < -0.4 is 0 Å². The van der Waals surface area contributed by atoms with E-state index in [0.29, 0.717) is 52.1 Å². The molecule has 0 aliphatic carbocycles. The quantitative estimate of drug-likeness (QED) is 0.0253. The van der Waals surface area contributed by atoms with Gasteiger partial charge in [-0.05, 0) is 154 Å². The van der Waals surface area contributed by atoms with Crippen LogP contribution >= 0.6 is 0 Å². The lowest BCUT2D eigenvalue weighted by Crippen LogP contribution is -2.38. The minimum absolute atomic E-state index is 0.106. The molecule has 0 aromatic heterocycles. The minimum atomic E-state index is -0.106. The molecule has 96 heavy (non-hydrogen) atoms. The molecule has 0 radical (unpaired) electrons. The number of allylic oxidation sites excluding steroid dienone is 8. The van der Waals surface area contributed by atoms with Crippen molar-refractivity contribution in [2.75, 3.05) is 65.7 Å². The van der Waals surface area contributed by atoms with Gasteiger partial charge in [-0.2, -0.15) is 0 Å². The molecule has 0 aromatic carbocycles. The van der Waals surface area contributed by atoms with Crippen molar-refractivity contribution >= 4 is 23.9 Å². The first-order valence-electron chi connectivity index (χ1n) is 42.0. The molecule has 10 heteroatoms. The zero-order valence-electron chi connectivity index (χ0n) is 64.3. The first-order valence-corrected chi connectivity index (χ1v) is 42.0. The topological polar surface area (TPSA) is 112 Å². The van der Waals surface area contributed by atoms with Gasteiger partial charge in [-0.15, -0.1) is 0 Å². The van der Waals surface area contributed by atoms with E-state index >= 15 is 0 Å². The second kappa shape index (κ2) is 80.7. The third-order valence-corrected chi connectivity index (χ3v) is 18.8. The van der Waals surface area contributed by atoms with Crippen molar-refractivity contribution in [1.82, 2.24) is 9.80 Å². The SMILES string of the molecule is CCCCCCCC/C=C\CCCCCCCC(=O)OCCCN(CCCOC(=O)CCCCCCC/C=C\CCCCCCCC)CCN(CCCOC(=O)CCCCCCC/C=C\CCCCCCCC)CCCOC(=O)CCCCCCC/C=C\CCCCCCCC. The zero-order chi connectivity index (χ0) is 69.4. The molecule has 0 unspecified atom stereocenters. The highest BCUT2D eigenvalue weighted by Gasteiger charge is 2.14. The maximum atomic E-state index is 12.8. The average Bonchev–Trinajstić information content (AvgIpc) is 3.80. The fourth-order valence-corrected chi connectivity index (χ4v) is 12.5. The molecule has 0 spiro atoms. The number of rotatable bonds is 79. The van der Waals surface area contributed by atoms with Crippen molar-refractivity contribution < 1.29 is 38.1 Å². The van der Waals surface area contributed by atoms with Crippen LogP contribution in [0.1, 0.15) is 413 Å². The Bertz CT molecular complexity index is 1500. The van der Waals surface area contributed by atoms with Crippen LogP contribution in [0.4, 0.5) is 0 Å². The lowest BCUT2D eigenvalue weighted by Gasteiger charge is -2.28. The standard InChI is InChI=1S/C86H160N2O8/c1-5-9-13-17-21-25-29-33-37-41-45-49-53-57-61-69-83(89)93-79-65-73-87(74-66-80-94-84(90)70-62-58-54-50-46-42-38-34-30-26-22-18-14-10-6-2)77-78-88(75-67-81-95-85(91)71-63-59-55-51-47-43-39-35-31-27-23-19-15-11-7-3)76-68-82-96-86(92)72-64-60-56-52-48-44-40-36-32-28-24-20-16-12-8-4/h33-40H,5-32,41-82H2,1-4H3/b37-33-,38-34-,39-35-,40-36-. The van der Waals surface area contributed by atoms with Gasteiger partial charge in [0.05, 0.1) is 26.4 Å². The summed E-state index contributed by atoms with van der Waals surface area (Å²) in [6.45, 7) is 15.3. The van der Waals surface area contributed by atoms with Gasteiger partial charge in [0.25, 0.3) is 0 Å². The molecule has 0 N–H and O–H groups in total. The van der Waals surface area contributed by atoms with E-state index in [4.69, 9.17) is 18.9 Å². The number of carbonyl (C=O) groups is 4. The minimum Gasteiger partial charge on any atom is -0.466 e. The van der Waals surface area contributed by atoms with E-state index in [1.165, 1.54) is 231 Å². The summed E-state index contributed by atoms with van der Waals surface area (Å²) in [7, 11) is 0. The largest absolute Gasteiger partial charge is 0.466 e. The normalized spacial score (nSPS) is 11.9. The highest BCUT2D eigenvalue weighted by Crippen LogP contribution is 2.17. The van der Waals surface area contributed by atoms with Crippen LogP contribution in [-0.2, 0) is 38.1 Å². The summed E-state index contributed by atoms with van der Waals surface area (Å²) in [5, 5.41) is 0. The molecule has 562 valence electrons. The number of hydrogen-bond acceptors (Lipinski definition) is 10. The van der Waals surface area contributed by atoms with Gasteiger partial charge >= 0.3 is 23.9 Å². The lowest BCUT2D eigenvalue weighted by molar-refractivity contribution is -0.145. The van der Waals surface area contributed by atoms with Gasteiger partial charge in [-0.25, -0.2) is 0 Å². The number of esters is 4. The predicted octanol–water partition coefficient (Wildman–Crippen LogP) is 25.5. The van der Waals surface area contributed by atoms with Crippen molar-refractivity contribution in [3.63, 3.8) is 0 Å². The van der Waals surface area contributed by atoms with Crippen LogP contribution in [0.2, 0.25) is 0 Å². The van der Waals surface area contributed by atoms with Crippen molar-refractivity contribution in [3.8, 4) is 0 Å². The van der Waals surface area contributed by atoms with Gasteiger partial charge in [-0.3, -0.25) is 19.2 Å². The van der Waals surface area contributed by atoms with Gasteiger partial charge in [0.15, 0.2) is 0 Å². The molecule has 0 rings (SSSR count). The Labute approximate surface area is 596 Å². The van der Waals surface area contributed by atoms with E-state index in [1.807, 2.05) is 0 Å². The Kier molecular flexibility index (Phi) is 78.0. The van der Waals surface area contributed by atoms with E-state index in [9.17, 15) is 19.2 Å². The zero-order valence-corrected chi connectivity index (χ0v) is 64.3. The van der Waals surface area contributed by atoms with Crippen molar-refractivity contribution in [2.24, 2.45) is 0 Å². The molecule has 0 bridgehead atoms. The van der Waals surface area contributed by atoms with Crippen molar-refractivity contribution in [2.45, 2.75) is 413 Å². The molecule has 0 saturated carbocycles. The number of carbonyl (C=O) groups excluding carboxylic acids is 4. The monoisotopic (exact) mass is 1350 g/mol. The van der Waals surface area contributed by atoms with Crippen LogP contribution in [0, 0.1) is 0 Å². The summed E-state index contributed by atoms with van der Waals surface area (Å²) >= 11 is 0. The number of nitrogens with zero attached hydrogens (tertiary/aromatic N) is 2. The summed E-state index contributed by atoms with van der Waals surface area (Å²) in [4.78, 5) is 56.1. The fraction of sp³-hybridized carbons (Fsp3) is 0.860. The summed E-state index contributed by atoms with van der Waals surface area (Å²) in [5.74, 6) is -0.425. The molecule has 0 heterocycles. The van der Waals surface area contributed by atoms with Crippen LogP contribution in [-0.4, -0.2) is 99.4 Å². The molecular weight excluding hydrogens is 1190 g/mol. The molecule has 0 aliphatic rings. The number of ether oxygens (including phenoxy) is 4. The average molecular weight is 1350 g/mol. The third kappa shape index (κ3) is 76.5. The lowest BCUT2D eigenvalue weighted by atomic mass is 10.1. The Morgan fingerprint density at radius 1 is 0.198 bits per heavy atom. The first kappa shape index (κ1) is 92.8. The van der Waals surface area contributed by atoms with E-state index in [1.54, 1.807) is 0 Å². The van der Waals surface area contributed by atoms with Crippen LogP contribution in [0.3, 0.4) is 0 Å². The van der Waals surface area contributed by atoms with E-state index in [-0.39, 0.29) is 23.9 Å². The second-order valence-electron chi connectivity index (χ2n) is 28.3. The molecule has 0 amide bonds. The molecule has 10 nitrogen and oxygen atoms in total. The Hall–Kier alpha value is -3.24. The van der Waals surface area contributed by atoms with Gasteiger partial charge in [0.2, 0.25) is 0 Å². The van der Waals surface area contributed by atoms with Crippen molar-refractivity contribution in [3.05, 3.63) is 48.6 Å². The molecule has 0 atom stereocenters. The Morgan fingerprint density at radius 3 is 0.531 bits per heavy atom. The molecule has 0 fully saturated rings. The summed E-state index contributed by atoms with van der Waals surface area (Å²) in [6.07, 6.45) is 87.6.